The van der Waals surface area contributed by atoms with E-state index in [1.165, 1.54) is 5.56 Å². The average Bonchev–Trinajstić information content (AvgIpc) is 2.92. The van der Waals surface area contributed by atoms with Gasteiger partial charge in [-0.05, 0) is 61.3 Å². The number of para-hydroxylation sites is 2. The summed E-state index contributed by atoms with van der Waals surface area (Å²) < 4.78 is 5.40. The molecule has 2 aliphatic rings. The number of methoxy groups -OCH3 is 1. The lowest BCUT2D eigenvalue weighted by molar-refractivity contribution is -0.0585. The Labute approximate surface area is 218 Å². The van der Waals surface area contributed by atoms with Crippen LogP contribution in [-0.4, -0.2) is 66.4 Å². The fourth-order valence-corrected chi connectivity index (χ4v) is 5.52. The highest BCUT2D eigenvalue weighted by Gasteiger charge is 2.49. The smallest absolute Gasteiger partial charge is 0.322 e. The number of benzene rings is 3. The standard InChI is InChI=1S/C31H33N3O3/c1-37-29-12-6-5-11-26(29)32-31(36)33-19-7-8-20-34-27(21-33)30(28(34)22-35)25-17-15-24(16-18-25)14-13-23-9-3-2-4-10-23/h2-6,9-12,15-18,27-28,30,35H,7-8,19-22H2,1H3,(H,32,36)/t27-,28+,30+/m0/s1. The predicted molar refractivity (Wildman–Crippen MR) is 146 cm³/mol. The van der Waals surface area contributed by atoms with Gasteiger partial charge in [0.2, 0.25) is 0 Å². The fraction of sp³-hybridized carbons (Fsp3) is 0.323. The second-order valence-corrected chi connectivity index (χ2v) is 9.60. The zero-order valence-corrected chi connectivity index (χ0v) is 21.1. The number of hydrogen-bond donors (Lipinski definition) is 2. The van der Waals surface area contributed by atoms with Gasteiger partial charge in [-0.15, -0.1) is 0 Å². The normalized spacial score (nSPS) is 21.4. The van der Waals surface area contributed by atoms with Crippen LogP contribution >= 0.6 is 0 Å². The zero-order valence-electron chi connectivity index (χ0n) is 21.1. The predicted octanol–water partition coefficient (Wildman–Crippen LogP) is 4.55. The topological polar surface area (TPSA) is 65.0 Å². The van der Waals surface area contributed by atoms with Crippen LogP contribution in [0, 0.1) is 11.8 Å². The van der Waals surface area contributed by atoms with Crippen molar-refractivity contribution in [1.82, 2.24) is 9.80 Å². The van der Waals surface area contributed by atoms with Gasteiger partial charge in [0.25, 0.3) is 0 Å². The highest BCUT2D eigenvalue weighted by atomic mass is 16.5. The summed E-state index contributed by atoms with van der Waals surface area (Å²) in [6, 6.07) is 25.9. The van der Waals surface area contributed by atoms with Crippen LogP contribution in [0.2, 0.25) is 0 Å². The van der Waals surface area contributed by atoms with Crippen LogP contribution in [0.3, 0.4) is 0 Å². The van der Waals surface area contributed by atoms with Gasteiger partial charge in [-0.1, -0.05) is 54.3 Å². The molecule has 0 aromatic heterocycles. The summed E-state index contributed by atoms with van der Waals surface area (Å²) in [5.74, 6) is 7.24. The Morgan fingerprint density at radius 3 is 2.35 bits per heavy atom. The highest BCUT2D eigenvalue weighted by molar-refractivity contribution is 5.91. The summed E-state index contributed by atoms with van der Waals surface area (Å²) in [7, 11) is 1.60. The van der Waals surface area contributed by atoms with Crippen molar-refractivity contribution in [3.05, 3.63) is 95.6 Å². The molecule has 0 saturated carbocycles. The number of carbonyl (C=O) groups excluding carboxylic acids is 1. The van der Waals surface area contributed by atoms with Gasteiger partial charge in [0.05, 0.1) is 19.4 Å². The first-order valence-corrected chi connectivity index (χ1v) is 12.9. The summed E-state index contributed by atoms with van der Waals surface area (Å²) in [5, 5.41) is 13.3. The third-order valence-electron chi connectivity index (χ3n) is 7.43. The zero-order chi connectivity index (χ0) is 25.6. The molecule has 0 bridgehead atoms. The first-order valence-electron chi connectivity index (χ1n) is 12.9. The Bertz CT molecular complexity index is 1270. The van der Waals surface area contributed by atoms with E-state index >= 15 is 0 Å². The van der Waals surface area contributed by atoms with Crippen LogP contribution in [0.4, 0.5) is 10.5 Å². The Balaban J connectivity index is 1.32. The first-order chi connectivity index (χ1) is 18.2. The van der Waals surface area contributed by atoms with Gasteiger partial charge in [0.1, 0.15) is 5.75 Å². The number of carbonyl (C=O) groups is 1. The van der Waals surface area contributed by atoms with E-state index in [1.54, 1.807) is 7.11 Å². The summed E-state index contributed by atoms with van der Waals surface area (Å²) >= 11 is 0. The second-order valence-electron chi connectivity index (χ2n) is 9.60. The molecule has 2 aliphatic heterocycles. The highest BCUT2D eigenvalue weighted by Crippen LogP contribution is 2.42. The number of aliphatic hydroxyl groups is 1. The quantitative estimate of drug-likeness (QED) is 0.521. The molecule has 2 amide bonds. The van der Waals surface area contributed by atoms with Crippen molar-refractivity contribution in [3.8, 4) is 17.6 Å². The van der Waals surface area contributed by atoms with Gasteiger partial charge in [-0.3, -0.25) is 4.90 Å². The van der Waals surface area contributed by atoms with Crippen LogP contribution in [0.1, 0.15) is 35.4 Å². The number of ether oxygens (including phenoxy) is 1. The minimum absolute atomic E-state index is 0.0588. The molecule has 0 aliphatic carbocycles. The van der Waals surface area contributed by atoms with Crippen LogP contribution < -0.4 is 10.1 Å². The van der Waals surface area contributed by atoms with E-state index in [-0.39, 0.29) is 30.6 Å². The van der Waals surface area contributed by atoms with Crippen LogP contribution in [0.15, 0.2) is 78.9 Å². The third-order valence-corrected chi connectivity index (χ3v) is 7.43. The second kappa shape index (κ2) is 11.5. The van der Waals surface area contributed by atoms with E-state index in [0.717, 1.165) is 30.5 Å². The molecule has 0 radical (unpaired) electrons. The molecule has 3 aromatic carbocycles. The number of urea groups is 1. The minimum atomic E-state index is -0.121. The van der Waals surface area contributed by atoms with E-state index in [9.17, 15) is 9.90 Å². The summed E-state index contributed by atoms with van der Waals surface area (Å²) in [6.07, 6.45) is 1.92. The molecular weight excluding hydrogens is 462 g/mol. The number of amides is 2. The van der Waals surface area contributed by atoms with E-state index in [1.807, 2.05) is 59.5 Å². The molecule has 6 nitrogen and oxygen atoms in total. The van der Waals surface area contributed by atoms with Crippen molar-refractivity contribution in [2.45, 2.75) is 30.8 Å². The maximum atomic E-state index is 13.3. The molecule has 37 heavy (non-hydrogen) atoms. The number of hydrogen-bond acceptors (Lipinski definition) is 4. The molecule has 0 unspecified atom stereocenters. The largest absolute Gasteiger partial charge is 0.495 e. The maximum absolute atomic E-state index is 13.3. The number of anilines is 1. The molecule has 3 aromatic rings. The van der Waals surface area contributed by atoms with Crippen LogP contribution in [0.25, 0.3) is 0 Å². The monoisotopic (exact) mass is 495 g/mol. The van der Waals surface area contributed by atoms with E-state index in [4.69, 9.17) is 4.74 Å². The van der Waals surface area contributed by atoms with E-state index in [2.05, 4.69) is 46.3 Å². The minimum Gasteiger partial charge on any atom is -0.495 e. The van der Waals surface area contributed by atoms with Crippen LogP contribution in [0.5, 0.6) is 5.75 Å². The average molecular weight is 496 g/mol. The SMILES string of the molecule is COc1ccccc1NC(=O)N1CCCCN2[C@H](CO)[C@H](c3ccc(C#Cc4ccccc4)cc3)[C@@H]2C1. The van der Waals surface area contributed by atoms with Crippen molar-refractivity contribution >= 4 is 11.7 Å². The summed E-state index contributed by atoms with van der Waals surface area (Å²) in [4.78, 5) is 17.6. The molecule has 2 heterocycles. The number of aliphatic hydroxyl groups excluding tert-OH is 1. The third kappa shape index (κ3) is 5.48. The fourth-order valence-electron chi connectivity index (χ4n) is 5.52. The lowest BCUT2D eigenvalue weighted by Crippen LogP contribution is -2.68. The first kappa shape index (κ1) is 24.9. The molecule has 190 valence electrons. The Morgan fingerprint density at radius 1 is 0.946 bits per heavy atom. The van der Waals surface area contributed by atoms with E-state index < -0.39 is 0 Å². The Morgan fingerprint density at radius 2 is 1.62 bits per heavy atom. The van der Waals surface area contributed by atoms with Crippen molar-refractivity contribution in [1.29, 1.82) is 0 Å². The van der Waals surface area contributed by atoms with Crippen molar-refractivity contribution in [3.63, 3.8) is 0 Å². The number of nitrogens with zero attached hydrogens (tertiary/aromatic N) is 2. The summed E-state index contributed by atoms with van der Waals surface area (Å²) in [5.41, 5.74) is 3.79. The van der Waals surface area contributed by atoms with Gasteiger partial charge < -0.3 is 20.1 Å². The van der Waals surface area contributed by atoms with Gasteiger partial charge in [0, 0.05) is 42.2 Å². The number of rotatable bonds is 4. The summed E-state index contributed by atoms with van der Waals surface area (Å²) in [6.45, 7) is 2.35. The lowest BCUT2D eigenvalue weighted by atomic mass is 9.74. The maximum Gasteiger partial charge on any atom is 0.322 e. The van der Waals surface area contributed by atoms with Gasteiger partial charge in [-0.25, -0.2) is 4.79 Å². The molecule has 3 atom stereocenters. The Hall–Kier alpha value is -3.79. The molecule has 2 fully saturated rings. The number of fused-ring (bicyclic) bond motifs is 1. The molecule has 2 N–H and O–H groups in total. The van der Waals surface area contributed by atoms with Crippen molar-refractivity contribution < 1.29 is 14.6 Å². The van der Waals surface area contributed by atoms with Gasteiger partial charge >= 0.3 is 6.03 Å². The van der Waals surface area contributed by atoms with Crippen molar-refractivity contribution in [2.24, 2.45) is 0 Å². The Kier molecular flexibility index (Phi) is 7.74. The molecule has 6 heteroatoms. The molecular formula is C31H33N3O3. The van der Waals surface area contributed by atoms with Crippen LogP contribution in [-0.2, 0) is 0 Å². The lowest BCUT2D eigenvalue weighted by Gasteiger charge is -2.57. The molecule has 5 rings (SSSR count). The molecule has 0 spiro atoms. The van der Waals surface area contributed by atoms with Gasteiger partial charge in [-0.2, -0.15) is 0 Å². The van der Waals surface area contributed by atoms with E-state index in [0.29, 0.717) is 24.5 Å². The van der Waals surface area contributed by atoms with Crippen molar-refractivity contribution in [2.75, 3.05) is 38.7 Å². The van der Waals surface area contributed by atoms with Gasteiger partial charge in [0.15, 0.2) is 0 Å². The number of nitrogens with one attached hydrogen (secondary N) is 1. The molecule has 2 saturated heterocycles.